The van der Waals surface area contributed by atoms with Gasteiger partial charge in [-0.05, 0) is 39.8 Å². The number of hydrogen-bond donors (Lipinski definition) is 0. The predicted octanol–water partition coefficient (Wildman–Crippen LogP) is 9.83. The van der Waals surface area contributed by atoms with E-state index in [2.05, 4.69) is 60.2 Å². The average Bonchev–Trinajstić information content (AvgIpc) is 4.09. The quantitative estimate of drug-likeness (QED) is 0.0487. The standard InChI is InChI=1S/C59H65NO10/c1-3-34-63-54(57-56(67-40-47-30-18-8-19-31-47)58(59(61-2)69-57)68-41-48-32-20-9-21-33-48)50-35-49-53(65-38-45-26-14-6-15-27-45)55(66-39-46-28-16-7-17-29-46)52(60(49)70-50)51(64-37-44-24-12-5-13-25-44)42-62-36-43-22-10-4-11-23-43/h3-33,49-59H,1,34-42H2,2H3/t49-,50-,51+,52-,53-,54+,55-,56-,57-,58+,59-/m0/s1. The highest BCUT2D eigenvalue weighted by Crippen LogP contribution is 2.44. The molecule has 3 fully saturated rings. The molecule has 70 heavy (non-hydrogen) atoms. The topological polar surface area (TPSA) is 95.5 Å². The summed E-state index contributed by atoms with van der Waals surface area (Å²) in [5, 5.41) is 2.06. The Morgan fingerprint density at radius 1 is 0.529 bits per heavy atom. The second-order valence-corrected chi connectivity index (χ2v) is 18.0. The van der Waals surface area contributed by atoms with Gasteiger partial charge in [-0.15, -0.1) is 6.58 Å². The summed E-state index contributed by atoms with van der Waals surface area (Å²) in [6.07, 6.45) is -3.07. The van der Waals surface area contributed by atoms with Crippen LogP contribution in [0.1, 0.15) is 39.8 Å². The van der Waals surface area contributed by atoms with Crippen LogP contribution in [0.15, 0.2) is 195 Å². The van der Waals surface area contributed by atoms with Crippen LogP contribution in [0.4, 0.5) is 0 Å². The monoisotopic (exact) mass is 947 g/mol. The highest BCUT2D eigenvalue weighted by atomic mass is 16.7. The van der Waals surface area contributed by atoms with Gasteiger partial charge in [-0.1, -0.05) is 188 Å². The maximum Gasteiger partial charge on any atom is 0.186 e. The van der Waals surface area contributed by atoms with Gasteiger partial charge >= 0.3 is 0 Å². The van der Waals surface area contributed by atoms with E-state index in [1.165, 1.54) is 0 Å². The smallest absolute Gasteiger partial charge is 0.186 e. The van der Waals surface area contributed by atoms with Crippen LogP contribution in [0.5, 0.6) is 0 Å². The van der Waals surface area contributed by atoms with E-state index in [1.807, 2.05) is 133 Å². The highest BCUT2D eigenvalue weighted by Gasteiger charge is 2.62. The molecule has 11 nitrogen and oxygen atoms in total. The zero-order chi connectivity index (χ0) is 47.7. The third-order valence-electron chi connectivity index (χ3n) is 13.2. The molecule has 0 bridgehead atoms. The summed E-state index contributed by atoms with van der Waals surface area (Å²) in [4.78, 5) is 7.34. The summed E-state index contributed by atoms with van der Waals surface area (Å²) < 4.78 is 61.1. The van der Waals surface area contributed by atoms with E-state index < -0.39 is 61.2 Å². The molecular weight excluding hydrogens is 883 g/mol. The molecule has 3 aliphatic rings. The second-order valence-electron chi connectivity index (χ2n) is 18.0. The molecule has 0 N–H and O–H groups in total. The molecule has 366 valence electrons. The first kappa shape index (κ1) is 49.6. The number of ether oxygens (including phenoxy) is 9. The van der Waals surface area contributed by atoms with Gasteiger partial charge in [-0.3, -0.25) is 4.84 Å². The molecule has 0 saturated carbocycles. The zero-order valence-corrected chi connectivity index (χ0v) is 39.8. The maximum absolute atomic E-state index is 7.34. The van der Waals surface area contributed by atoms with Gasteiger partial charge in [0.1, 0.15) is 48.8 Å². The number of rotatable bonds is 26. The third-order valence-corrected chi connectivity index (χ3v) is 13.2. The zero-order valence-electron chi connectivity index (χ0n) is 39.8. The Morgan fingerprint density at radius 3 is 1.43 bits per heavy atom. The molecule has 0 amide bonds. The van der Waals surface area contributed by atoms with Crippen molar-refractivity contribution in [2.75, 3.05) is 20.3 Å². The molecule has 9 rings (SSSR count). The summed E-state index contributed by atoms with van der Waals surface area (Å²) in [7, 11) is 1.63. The van der Waals surface area contributed by atoms with Crippen LogP contribution in [0.3, 0.4) is 0 Å². The fraction of sp³-hybridized carbons (Fsp3) is 0.356. The van der Waals surface area contributed by atoms with Gasteiger partial charge in [0.2, 0.25) is 0 Å². The van der Waals surface area contributed by atoms with Gasteiger partial charge in [0, 0.05) is 7.11 Å². The molecule has 11 heteroatoms. The minimum atomic E-state index is -0.756. The van der Waals surface area contributed by atoms with Crippen molar-refractivity contribution in [1.82, 2.24) is 5.06 Å². The Bertz CT molecular complexity index is 2400. The Labute approximate surface area is 412 Å². The lowest BCUT2D eigenvalue weighted by atomic mass is 9.94. The number of nitrogens with zero attached hydrogens (tertiary/aromatic N) is 1. The minimum Gasteiger partial charge on any atom is -0.374 e. The van der Waals surface area contributed by atoms with Crippen LogP contribution in [-0.2, 0) is 87.1 Å². The molecule has 0 spiro atoms. The third kappa shape index (κ3) is 12.9. The number of methoxy groups -OCH3 is 1. The summed E-state index contributed by atoms with van der Waals surface area (Å²) in [6, 6.07) is 60.2. The number of hydroxylamine groups is 2. The Morgan fingerprint density at radius 2 is 0.957 bits per heavy atom. The lowest BCUT2D eigenvalue weighted by molar-refractivity contribution is -0.252. The van der Waals surface area contributed by atoms with Gasteiger partial charge < -0.3 is 42.6 Å². The van der Waals surface area contributed by atoms with Gasteiger partial charge in [0.05, 0.1) is 64.9 Å². The van der Waals surface area contributed by atoms with E-state index in [9.17, 15) is 0 Å². The van der Waals surface area contributed by atoms with Crippen molar-refractivity contribution in [3.63, 3.8) is 0 Å². The largest absolute Gasteiger partial charge is 0.374 e. The van der Waals surface area contributed by atoms with E-state index >= 15 is 0 Å². The summed E-state index contributed by atoms with van der Waals surface area (Å²) >= 11 is 0. The van der Waals surface area contributed by atoms with Crippen molar-refractivity contribution in [2.24, 2.45) is 0 Å². The van der Waals surface area contributed by atoms with E-state index in [0.717, 1.165) is 33.4 Å². The molecule has 0 radical (unpaired) electrons. The van der Waals surface area contributed by atoms with Crippen LogP contribution < -0.4 is 0 Å². The molecule has 3 aliphatic heterocycles. The van der Waals surface area contributed by atoms with Gasteiger partial charge in [0.15, 0.2) is 6.29 Å². The van der Waals surface area contributed by atoms with Crippen molar-refractivity contribution in [3.05, 3.63) is 228 Å². The average molecular weight is 948 g/mol. The van der Waals surface area contributed by atoms with Crippen LogP contribution in [0.2, 0.25) is 0 Å². The van der Waals surface area contributed by atoms with E-state index in [-0.39, 0.29) is 19.3 Å². The Kier molecular flexibility index (Phi) is 18.2. The van der Waals surface area contributed by atoms with Crippen LogP contribution >= 0.6 is 0 Å². The fourth-order valence-corrected chi connectivity index (χ4v) is 9.74. The lowest BCUT2D eigenvalue weighted by Gasteiger charge is -2.36. The molecule has 3 heterocycles. The fourth-order valence-electron chi connectivity index (χ4n) is 9.74. The van der Waals surface area contributed by atoms with E-state index in [0.29, 0.717) is 46.1 Å². The molecular formula is C59H65NO10. The number of hydrogen-bond acceptors (Lipinski definition) is 11. The summed E-state index contributed by atoms with van der Waals surface area (Å²) in [6.45, 7) is 6.67. The van der Waals surface area contributed by atoms with Crippen molar-refractivity contribution in [3.8, 4) is 0 Å². The van der Waals surface area contributed by atoms with Crippen LogP contribution in [0.25, 0.3) is 0 Å². The van der Waals surface area contributed by atoms with Crippen molar-refractivity contribution < 1.29 is 47.5 Å². The first-order chi connectivity index (χ1) is 34.6. The lowest BCUT2D eigenvalue weighted by Crippen LogP contribution is -2.52. The van der Waals surface area contributed by atoms with E-state index in [1.54, 1.807) is 13.2 Å². The first-order valence-electron chi connectivity index (χ1n) is 24.4. The first-order valence-corrected chi connectivity index (χ1v) is 24.4. The second kappa shape index (κ2) is 25.7. The minimum absolute atomic E-state index is 0.240. The molecule has 11 atom stereocenters. The number of fused-ring (bicyclic) bond motifs is 1. The van der Waals surface area contributed by atoms with Crippen molar-refractivity contribution >= 4 is 0 Å². The molecule has 0 unspecified atom stereocenters. The predicted molar refractivity (Wildman–Crippen MR) is 266 cm³/mol. The van der Waals surface area contributed by atoms with Gasteiger partial charge in [-0.2, -0.15) is 5.06 Å². The molecule has 6 aromatic rings. The SMILES string of the molecule is C=CCO[C@@H]([C@@H]1O[C@H](OC)[C@H](OCc2ccccc2)[C@H]1OCc1ccccc1)[C@@H]1C[C@H]2[C@H](OCc3ccccc3)[C@@H](OCc3ccccc3)[C@H]([C@@H](COCc3ccccc3)OCc3ccccc3)N2O1. The Hall–Kier alpha value is -5.38. The van der Waals surface area contributed by atoms with Gasteiger partial charge in [0.25, 0.3) is 0 Å². The van der Waals surface area contributed by atoms with E-state index in [4.69, 9.17) is 47.5 Å². The van der Waals surface area contributed by atoms with Crippen LogP contribution in [-0.4, -0.2) is 92.6 Å². The van der Waals surface area contributed by atoms with Crippen molar-refractivity contribution in [2.45, 2.75) is 113 Å². The molecule has 0 aliphatic carbocycles. The molecule has 3 saturated heterocycles. The number of benzene rings is 6. The Balaban J connectivity index is 1.06. The van der Waals surface area contributed by atoms with Gasteiger partial charge in [-0.25, -0.2) is 0 Å². The van der Waals surface area contributed by atoms with Crippen LogP contribution in [0, 0.1) is 0 Å². The highest BCUT2D eigenvalue weighted by molar-refractivity contribution is 5.19. The summed E-state index contributed by atoms with van der Waals surface area (Å²) in [5.74, 6) is 0. The van der Waals surface area contributed by atoms with Crippen molar-refractivity contribution in [1.29, 1.82) is 0 Å². The summed E-state index contributed by atoms with van der Waals surface area (Å²) in [5.41, 5.74) is 6.24. The molecule has 0 aromatic heterocycles. The maximum atomic E-state index is 7.34. The molecule has 6 aromatic carbocycles. The normalized spacial score (nSPS) is 25.1.